The Kier molecular flexibility index (Phi) is 1.40. The Morgan fingerprint density at radius 3 is 2.00 bits per heavy atom. The van der Waals surface area contributed by atoms with E-state index in [0.29, 0.717) is 0 Å². The van der Waals surface area contributed by atoms with Crippen LogP contribution in [0.5, 0.6) is 0 Å². The maximum Gasteiger partial charge on any atom is 0.153 e. The summed E-state index contributed by atoms with van der Waals surface area (Å²) in [7, 11) is 3.26. The lowest BCUT2D eigenvalue weighted by Gasteiger charge is -1.98. The summed E-state index contributed by atoms with van der Waals surface area (Å²) in [6, 6.07) is 0. The Balaban J connectivity index is 1.98. The summed E-state index contributed by atoms with van der Waals surface area (Å²) in [4.78, 5) is 4.54. The van der Waals surface area contributed by atoms with E-state index in [9.17, 15) is 0 Å². The van der Waals surface area contributed by atoms with Crippen molar-refractivity contribution in [3.8, 4) is 0 Å². The van der Waals surface area contributed by atoms with Crippen molar-refractivity contribution in [1.82, 2.24) is 0 Å². The molecule has 0 aromatic rings. The third kappa shape index (κ3) is 1.15. The van der Waals surface area contributed by atoms with Crippen molar-refractivity contribution in [2.45, 2.75) is 25.7 Å². The molecule has 0 aromatic carbocycles. The molecule has 0 atom stereocenters. The summed E-state index contributed by atoms with van der Waals surface area (Å²) < 4.78 is 0. The monoisotopic (exact) mass is 138 g/mol. The van der Waals surface area contributed by atoms with E-state index in [1.54, 1.807) is 0 Å². The van der Waals surface area contributed by atoms with Gasteiger partial charge in [-0.2, -0.15) is 0 Å². The highest BCUT2D eigenvalue weighted by molar-refractivity contribution is 5.92. The highest BCUT2D eigenvalue weighted by Gasteiger charge is 2.38. The summed E-state index contributed by atoms with van der Waals surface area (Å²) in [6.07, 6.45) is 5.27. The lowest BCUT2D eigenvalue weighted by Crippen LogP contribution is -2.03. The first-order valence-electron chi connectivity index (χ1n) is 3.91. The van der Waals surface area contributed by atoms with Crippen LogP contribution >= 0.6 is 0 Å². The Bertz CT molecular complexity index is 143. The molecule has 2 aliphatic carbocycles. The second kappa shape index (κ2) is 2.26. The van der Waals surface area contributed by atoms with Gasteiger partial charge in [0.1, 0.15) is 0 Å². The van der Waals surface area contributed by atoms with Gasteiger partial charge in [0, 0.05) is 11.8 Å². The van der Waals surface area contributed by atoms with E-state index in [4.69, 9.17) is 0 Å². The van der Waals surface area contributed by atoms with Gasteiger partial charge in [-0.05, 0) is 25.7 Å². The first-order valence-corrected chi connectivity index (χ1v) is 3.91. The average Bonchev–Trinajstić information content (AvgIpc) is 2.77. The van der Waals surface area contributed by atoms with Gasteiger partial charge >= 0.3 is 0 Å². The molecule has 2 saturated carbocycles. The zero-order valence-electron chi connectivity index (χ0n) is 6.05. The molecule has 2 fully saturated rings. The fourth-order valence-corrected chi connectivity index (χ4v) is 1.32. The molecule has 10 heavy (non-hydrogen) atoms. The second-order valence-electron chi connectivity index (χ2n) is 3.19. The van der Waals surface area contributed by atoms with Crippen LogP contribution in [0.25, 0.3) is 0 Å². The van der Waals surface area contributed by atoms with E-state index < -0.39 is 0 Å². The molecule has 2 aliphatic rings. The summed E-state index contributed by atoms with van der Waals surface area (Å²) in [5.74, 6) is 1.52. The molecule has 0 amide bonds. The normalized spacial score (nSPS) is 24.1. The Morgan fingerprint density at radius 2 is 1.70 bits per heavy atom. The summed E-state index contributed by atoms with van der Waals surface area (Å²) in [6.45, 7) is 0. The van der Waals surface area contributed by atoms with E-state index >= 15 is 0 Å². The topological polar surface area (TPSA) is 21.6 Å². The molecule has 0 spiro atoms. The predicted octanol–water partition coefficient (Wildman–Crippen LogP) is 1.97. The second-order valence-corrected chi connectivity index (χ2v) is 3.19. The van der Waals surface area contributed by atoms with Crippen LogP contribution in [0.15, 0.2) is 5.16 Å². The number of nitrogens with zero attached hydrogens (tertiary/aromatic N) is 1. The fourth-order valence-electron chi connectivity index (χ4n) is 1.32. The van der Waals surface area contributed by atoms with E-state index in [0.717, 1.165) is 11.8 Å². The van der Waals surface area contributed by atoms with E-state index in [1.165, 1.54) is 31.4 Å². The smallest absolute Gasteiger partial charge is 0.153 e. The molecule has 0 heterocycles. The van der Waals surface area contributed by atoms with Crippen LogP contribution in [-0.2, 0) is 4.84 Å². The van der Waals surface area contributed by atoms with Crippen molar-refractivity contribution < 1.29 is 4.84 Å². The Hall–Kier alpha value is -0.530. The highest BCUT2D eigenvalue weighted by atomic mass is 16.6. The molecule has 2 rings (SSSR count). The van der Waals surface area contributed by atoms with Gasteiger partial charge in [-0.15, -0.1) is 0 Å². The zero-order valence-corrected chi connectivity index (χ0v) is 6.05. The van der Waals surface area contributed by atoms with Crippen LogP contribution in [-0.4, -0.2) is 5.71 Å². The van der Waals surface area contributed by atoms with Crippen LogP contribution in [0.2, 0.25) is 0 Å². The van der Waals surface area contributed by atoms with Crippen LogP contribution < -0.4 is 0 Å². The highest BCUT2D eigenvalue weighted by Crippen LogP contribution is 2.42. The predicted molar refractivity (Wildman–Crippen MR) is 39.3 cm³/mol. The van der Waals surface area contributed by atoms with Crippen molar-refractivity contribution >= 4 is 5.71 Å². The number of hydrogen-bond donors (Lipinski definition) is 0. The Morgan fingerprint density at radius 1 is 1.20 bits per heavy atom. The zero-order chi connectivity index (χ0) is 6.97. The molecular formula is C8H12NO. The van der Waals surface area contributed by atoms with E-state index in [1.807, 2.05) is 0 Å². The minimum absolute atomic E-state index is 0.759. The van der Waals surface area contributed by atoms with E-state index in [2.05, 4.69) is 17.1 Å². The van der Waals surface area contributed by atoms with Gasteiger partial charge < -0.3 is 4.84 Å². The molecular weight excluding hydrogens is 126 g/mol. The summed E-state index contributed by atoms with van der Waals surface area (Å²) in [5.41, 5.74) is 1.29. The van der Waals surface area contributed by atoms with Gasteiger partial charge in [-0.1, -0.05) is 5.16 Å². The molecule has 0 aliphatic heterocycles. The minimum atomic E-state index is 0.759. The molecule has 0 bridgehead atoms. The third-order valence-electron chi connectivity index (χ3n) is 2.16. The van der Waals surface area contributed by atoms with Gasteiger partial charge in [0.05, 0.1) is 5.71 Å². The molecule has 0 saturated heterocycles. The van der Waals surface area contributed by atoms with Crippen LogP contribution in [0.3, 0.4) is 0 Å². The number of hydrogen-bond acceptors (Lipinski definition) is 2. The molecule has 2 nitrogen and oxygen atoms in total. The van der Waals surface area contributed by atoms with Crippen molar-refractivity contribution in [2.24, 2.45) is 17.0 Å². The maximum absolute atomic E-state index is 4.54. The lowest BCUT2D eigenvalue weighted by molar-refractivity contribution is 0.257. The third-order valence-corrected chi connectivity index (χ3v) is 2.16. The molecule has 0 aromatic heterocycles. The summed E-state index contributed by atoms with van der Waals surface area (Å²) in [5, 5.41) is 3.95. The van der Waals surface area contributed by atoms with Gasteiger partial charge in [0.25, 0.3) is 0 Å². The SMILES string of the molecule is [CH2]ON=C(C1CC1)C1CC1. The van der Waals surface area contributed by atoms with E-state index in [-0.39, 0.29) is 0 Å². The van der Waals surface area contributed by atoms with Crippen molar-refractivity contribution in [2.75, 3.05) is 0 Å². The maximum atomic E-state index is 4.54. The van der Waals surface area contributed by atoms with Crippen molar-refractivity contribution in [3.05, 3.63) is 7.11 Å². The number of rotatable bonds is 3. The minimum Gasteiger partial charge on any atom is -0.392 e. The van der Waals surface area contributed by atoms with Gasteiger partial charge in [-0.25, -0.2) is 0 Å². The molecule has 0 N–H and O–H groups in total. The lowest BCUT2D eigenvalue weighted by atomic mass is 10.2. The van der Waals surface area contributed by atoms with Gasteiger partial charge in [-0.3, -0.25) is 0 Å². The van der Waals surface area contributed by atoms with Gasteiger partial charge in [0.15, 0.2) is 7.11 Å². The first kappa shape index (κ1) is 6.20. The standard InChI is InChI=1S/C8H12NO/c1-10-9-8(6-2-3-6)7-4-5-7/h6-7H,1-5H2. The Labute approximate surface area is 61.2 Å². The molecule has 0 unspecified atom stereocenters. The largest absolute Gasteiger partial charge is 0.392 e. The van der Waals surface area contributed by atoms with Crippen LogP contribution in [0.4, 0.5) is 0 Å². The molecule has 2 heteroatoms. The van der Waals surface area contributed by atoms with Crippen LogP contribution in [0, 0.1) is 18.9 Å². The molecule has 1 radical (unpaired) electrons. The number of oxime groups is 1. The quantitative estimate of drug-likeness (QED) is 0.431. The van der Waals surface area contributed by atoms with Gasteiger partial charge in [0.2, 0.25) is 0 Å². The van der Waals surface area contributed by atoms with Crippen molar-refractivity contribution in [3.63, 3.8) is 0 Å². The first-order chi connectivity index (χ1) is 4.92. The fraction of sp³-hybridized carbons (Fsp3) is 0.750. The average molecular weight is 138 g/mol. The van der Waals surface area contributed by atoms with Crippen molar-refractivity contribution in [1.29, 1.82) is 0 Å². The van der Waals surface area contributed by atoms with Crippen LogP contribution in [0.1, 0.15) is 25.7 Å². The molecule has 55 valence electrons. The summed E-state index contributed by atoms with van der Waals surface area (Å²) >= 11 is 0.